The van der Waals surface area contributed by atoms with Gasteiger partial charge >= 0.3 is 5.69 Å². The lowest BCUT2D eigenvalue weighted by Gasteiger charge is -2.41. The molecule has 8 heteroatoms. The molecule has 28 heavy (non-hydrogen) atoms. The van der Waals surface area contributed by atoms with Crippen molar-refractivity contribution in [3.63, 3.8) is 0 Å². The maximum atomic E-state index is 13.0. The molecular formula is C20H26N4O4. The first-order valence-corrected chi connectivity index (χ1v) is 9.21. The van der Waals surface area contributed by atoms with Crippen LogP contribution in [0.3, 0.4) is 0 Å². The zero-order chi connectivity index (χ0) is 20.5. The summed E-state index contributed by atoms with van der Waals surface area (Å²) < 4.78 is 7.69. The largest absolute Gasteiger partial charge is 0.384 e. The van der Waals surface area contributed by atoms with Gasteiger partial charge in [-0.2, -0.15) is 0 Å². The van der Waals surface area contributed by atoms with Crippen molar-refractivity contribution < 1.29 is 9.53 Å². The van der Waals surface area contributed by atoms with Crippen LogP contribution < -0.4 is 17.0 Å². The Morgan fingerprint density at radius 1 is 1.21 bits per heavy atom. The van der Waals surface area contributed by atoms with Crippen molar-refractivity contribution in [1.29, 1.82) is 0 Å². The summed E-state index contributed by atoms with van der Waals surface area (Å²) in [5.41, 5.74) is 5.33. The summed E-state index contributed by atoms with van der Waals surface area (Å²) in [4.78, 5) is 40.3. The molecule has 3 rings (SSSR count). The number of aromatic nitrogens is 2. The molecule has 0 unspecified atom stereocenters. The highest BCUT2D eigenvalue weighted by Crippen LogP contribution is 2.20. The van der Waals surface area contributed by atoms with Crippen LogP contribution in [0, 0.1) is 0 Å². The van der Waals surface area contributed by atoms with Crippen molar-refractivity contribution in [2.45, 2.75) is 25.9 Å². The van der Waals surface area contributed by atoms with Crippen LogP contribution in [-0.2, 0) is 18.3 Å². The summed E-state index contributed by atoms with van der Waals surface area (Å²) in [7, 11) is 1.36. The van der Waals surface area contributed by atoms with Gasteiger partial charge in [-0.1, -0.05) is 30.3 Å². The van der Waals surface area contributed by atoms with Crippen LogP contribution in [-0.4, -0.2) is 51.7 Å². The number of nitrogen functional groups attached to an aromatic ring is 1. The average molecular weight is 386 g/mol. The topological polar surface area (TPSA) is 99.6 Å². The van der Waals surface area contributed by atoms with Crippen LogP contribution in [0.1, 0.15) is 29.8 Å². The van der Waals surface area contributed by atoms with Gasteiger partial charge in [-0.3, -0.25) is 23.6 Å². The first kappa shape index (κ1) is 20.0. The van der Waals surface area contributed by atoms with E-state index in [9.17, 15) is 14.4 Å². The van der Waals surface area contributed by atoms with E-state index in [2.05, 4.69) is 0 Å². The van der Waals surface area contributed by atoms with E-state index in [1.165, 1.54) is 11.6 Å². The maximum Gasteiger partial charge on any atom is 0.332 e. The number of hydrogen-bond acceptors (Lipinski definition) is 6. The van der Waals surface area contributed by atoms with E-state index in [1.54, 1.807) is 0 Å². The number of ketones is 1. The maximum absolute atomic E-state index is 13.0. The molecule has 2 N–H and O–H groups in total. The Labute approximate surface area is 163 Å². The second kappa shape index (κ2) is 7.73. The number of nitrogens with zero attached hydrogens (tertiary/aromatic N) is 3. The first-order chi connectivity index (χ1) is 13.2. The van der Waals surface area contributed by atoms with Crippen LogP contribution >= 0.6 is 0 Å². The number of Topliss-reactive ketones (excluding diaryl/α,β-unsaturated/α-hetero) is 1. The molecule has 0 aliphatic carbocycles. The van der Waals surface area contributed by atoms with Gasteiger partial charge in [-0.15, -0.1) is 0 Å². The summed E-state index contributed by atoms with van der Waals surface area (Å²) in [6, 6.07) is 9.29. The van der Waals surface area contributed by atoms with Gasteiger partial charge in [0.1, 0.15) is 11.4 Å². The number of carbonyl (C=O) groups is 1. The van der Waals surface area contributed by atoms with Crippen molar-refractivity contribution in [1.82, 2.24) is 14.0 Å². The Hall–Kier alpha value is -2.71. The van der Waals surface area contributed by atoms with Crippen molar-refractivity contribution in [2.75, 3.05) is 32.0 Å². The van der Waals surface area contributed by atoms with Crippen molar-refractivity contribution in [3.05, 3.63) is 62.3 Å². The highest BCUT2D eigenvalue weighted by Gasteiger charge is 2.33. The minimum Gasteiger partial charge on any atom is -0.384 e. The van der Waals surface area contributed by atoms with Crippen molar-refractivity contribution >= 4 is 11.6 Å². The molecule has 2 heterocycles. The van der Waals surface area contributed by atoms with Crippen LogP contribution in [0.5, 0.6) is 0 Å². The highest BCUT2D eigenvalue weighted by molar-refractivity contribution is 6.01. The van der Waals surface area contributed by atoms with E-state index in [1.807, 2.05) is 49.1 Å². The summed E-state index contributed by atoms with van der Waals surface area (Å²) in [6.07, 6.45) is 0. The number of nitrogens with two attached hydrogens (primary N) is 1. The molecule has 0 amide bonds. The lowest BCUT2D eigenvalue weighted by atomic mass is 10.0. The van der Waals surface area contributed by atoms with E-state index in [0.717, 1.165) is 10.1 Å². The van der Waals surface area contributed by atoms with Crippen molar-refractivity contribution in [2.24, 2.45) is 7.05 Å². The number of morpholine rings is 1. The van der Waals surface area contributed by atoms with Gasteiger partial charge in [-0.25, -0.2) is 4.79 Å². The Kier molecular flexibility index (Phi) is 5.53. The van der Waals surface area contributed by atoms with Crippen LogP contribution in [0.15, 0.2) is 39.9 Å². The summed E-state index contributed by atoms with van der Waals surface area (Å²) in [5, 5.41) is 0. The fourth-order valence-corrected chi connectivity index (χ4v) is 3.40. The molecule has 0 radical (unpaired) electrons. The minimum atomic E-state index is -0.664. The molecule has 1 saturated heterocycles. The molecule has 1 aliphatic heterocycles. The molecule has 150 valence electrons. The van der Waals surface area contributed by atoms with E-state index >= 15 is 0 Å². The molecule has 8 nitrogen and oxygen atoms in total. The predicted octanol–water partition coefficient (Wildman–Crippen LogP) is 0.471. The van der Waals surface area contributed by atoms with Crippen LogP contribution in [0.4, 0.5) is 5.82 Å². The SMILES string of the molecule is Cn1c(=O)c(C(=O)CN2CCOCC2(C)C)c(N)n(Cc2ccccc2)c1=O. The van der Waals surface area contributed by atoms with Crippen LogP contribution in [0.25, 0.3) is 0 Å². The summed E-state index contributed by atoms with van der Waals surface area (Å²) in [6.45, 7) is 5.80. The van der Waals surface area contributed by atoms with Gasteiger partial charge in [0.15, 0.2) is 5.78 Å². The third kappa shape index (κ3) is 3.79. The number of ether oxygens (including phenoxy) is 1. The monoisotopic (exact) mass is 386 g/mol. The molecule has 1 fully saturated rings. The quantitative estimate of drug-likeness (QED) is 0.750. The second-order valence-corrected chi connectivity index (χ2v) is 7.69. The third-order valence-electron chi connectivity index (χ3n) is 5.20. The molecule has 0 atom stereocenters. The second-order valence-electron chi connectivity index (χ2n) is 7.69. The fourth-order valence-electron chi connectivity index (χ4n) is 3.40. The first-order valence-electron chi connectivity index (χ1n) is 9.21. The van der Waals surface area contributed by atoms with Crippen molar-refractivity contribution in [3.8, 4) is 0 Å². The van der Waals surface area contributed by atoms with Gasteiger partial charge in [0.2, 0.25) is 0 Å². The van der Waals surface area contributed by atoms with Gasteiger partial charge < -0.3 is 10.5 Å². The van der Waals surface area contributed by atoms with Gasteiger partial charge in [0.25, 0.3) is 5.56 Å². The Bertz CT molecular complexity index is 992. The summed E-state index contributed by atoms with van der Waals surface area (Å²) >= 11 is 0. The van der Waals surface area contributed by atoms with E-state index in [0.29, 0.717) is 19.8 Å². The van der Waals surface area contributed by atoms with Crippen LogP contribution in [0.2, 0.25) is 0 Å². The molecule has 2 aromatic rings. The zero-order valence-corrected chi connectivity index (χ0v) is 16.5. The molecule has 0 bridgehead atoms. The Morgan fingerprint density at radius 3 is 2.54 bits per heavy atom. The smallest absolute Gasteiger partial charge is 0.332 e. The van der Waals surface area contributed by atoms with E-state index in [-0.39, 0.29) is 30.0 Å². The minimum absolute atomic E-state index is 0.0410. The lowest BCUT2D eigenvalue weighted by molar-refractivity contribution is -0.0467. The molecular weight excluding hydrogens is 360 g/mol. The highest BCUT2D eigenvalue weighted by atomic mass is 16.5. The number of anilines is 1. The molecule has 0 saturated carbocycles. The normalized spacial score (nSPS) is 16.8. The van der Waals surface area contributed by atoms with E-state index < -0.39 is 17.0 Å². The molecule has 1 aromatic carbocycles. The standard InChI is InChI=1S/C20H26N4O4/c1-20(2)13-28-10-9-23(20)12-15(25)16-17(21)24(19(27)22(3)18(16)26)11-14-7-5-4-6-8-14/h4-8H,9-13,21H2,1-3H3. The van der Waals surface area contributed by atoms with Gasteiger partial charge in [0.05, 0.1) is 26.3 Å². The number of carbonyl (C=O) groups excluding carboxylic acids is 1. The van der Waals surface area contributed by atoms with Gasteiger partial charge in [0, 0.05) is 19.1 Å². The predicted molar refractivity (Wildman–Crippen MR) is 107 cm³/mol. The molecule has 0 spiro atoms. The zero-order valence-electron chi connectivity index (χ0n) is 16.5. The molecule has 1 aliphatic rings. The summed E-state index contributed by atoms with van der Waals surface area (Å²) in [5.74, 6) is -0.483. The number of hydrogen-bond donors (Lipinski definition) is 1. The Balaban J connectivity index is 2.00. The Morgan fingerprint density at radius 2 is 1.89 bits per heavy atom. The number of rotatable bonds is 5. The molecule has 1 aromatic heterocycles. The number of benzene rings is 1. The van der Waals surface area contributed by atoms with Gasteiger partial charge in [-0.05, 0) is 19.4 Å². The lowest BCUT2D eigenvalue weighted by Crippen LogP contribution is -2.55. The average Bonchev–Trinajstić information content (AvgIpc) is 2.66. The third-order valence-corrected chi connectivity index (χ3v) is 5.20. The van der Waals surface area contributed by atoms with E-state index in [4.69, 9.17) is 10.5 Å². The fraction of sp³-hybridized carbons (Fsp3) is 0.450.